The van der Waals surface area contributed by atoms with Gasteiger partial charge in [0.25, 0.3) is 5.91 Å². The van der Waals surface area contributed by atoms with Crippen LogP contribution in [0.5, 0.6) is 0 Å². The zero-order chi connectivity index (χ0) is 13.9. The summed E-state index contributed by atoms with van der Waals surface area (Å²) in [4.78, 5) is 23.3. The molecule has 0 saturated carbocycles. The predicted molar refractivity (Wildman–Crippen MR) is 72.4 cm³/mol. The van der Waals surface area contributed by atoms with Gasteiger partial charge in [0.15, 0.2) is 0 Å². The lowest BCUT2D eigenvalue weighted by Gasteiger charge is -2.16. The highest BCUT2D eigenvalue weighted by atomic mass is 35.5. The average molecular weight is 290 g/mol. The number of rotatable bonds is 5. The summed E-state index contributed by atoms with van der Waals surface area (Å²) >= 11 is 7.19. The molecule has 0 spiro atoms. The van der Waals surface area contributed by atoms with Crippen molar-refractivity contribution < 1.29 is 14.7 Å². The van der Waals surface area contributed by atoms with Crippen LogP contribution < -0.4 is 5.32 Å². The van der Waals surface area contributed by atoms with Crippen molar-refractivity contribution in [1.29, 1.82) is 0 Å². The van der Waals surface area contributed by atoms with Crippen molar-refractivity contribution in [2.24, 2.45) is 5.92 Å². The molecule has 0 aliphatic heterocycles. The van der Waals surface area contributed by atoms with Crippen LogP contribution in [-0.4, -0.2) is 23.0 Å². The quantitative estimate of drug-likeness (QED) is 0.876. The second-order valence-electron chi connectivity index (χ2n) is 4.56. The van der Waals surface area contributed by atoms with E-state index < -0.39 is 17.9 Å². The summed E-state index contributed by atoms with van der Waals surface area (Å²) in [5.41, 5.74) is 0.822. The van der Waals surface area contributed by atoms with Gasteiger partial charge in [-0.25, -0.2) is 4.79 Å². The van der Waals surface area contributed by atoms with Gasteiger partial charge >= 0.3 is 5.97 Å². The number of hydrogen-bond acceptors (Lipinski definition) is 3. The number of thiophene rings is 1. The molecule has 4 nitrogen and oxygen atoms in total. The molecule has 1 unspecified atom stereocenters. The third-order valence-electron chi connectivity index (χ3n) is 2.42. The second-order valence-corrected chi connectivity index (χ2v) is 5.81. The molecule has 1 heterocycles. The first-order valence-electron chi connectivity index (χ1n) is 5.60. The third-order valence-corrected chi connectivity index (χ3v) is 4.11. The van der Waals surface area contributed by atoms with Gasteiger partial charge in [-0.15, -0.1) is 11.3 Å². The molecule has 0 radical (unpaired) electrons. The number of aliphatic carboxylic acids is 1. The normalized spacial score (nSPS) is 12.5. The molecule has 0 aliphatic rings. The number of carboxylic acids is 1. The molecule has 0 aromatic carbocycles. The molecule has 0 aliphatic carbocycles. The number of carboxylic acid groups (broad SMARTS) is 1. The second kappa shape index (κ2) is 6.20. The molecule has 0 fully saturated rings. The van der Waals surface area contributed by atoms with E-state index >= 15 is 0 Å². The van der Waals surface area contributed by atoms with Gasteiger partial charge in [-0.1, -0.05) is 25.4 Å². The Kier molecular flexibility index (Phi) is 5.16. The summed E-state index contributed by atoms with van der Waals surface area (Å²) in [5.74, 6) is -1.26. The molecule has 1 amide bonds. The van der Waals surface area contributed by atoms with E-state index in [4.69, 9.17) is 16.7 Å². The fraction of sp³-hybridized carbons (Fsp3) is 0.500. The third kappa shape index (κ3) is 3.71. The topological polar surface area (TPSA) is 66.4 Å². The minimum absolute atomic E-state index is 0.187. The Morgan fingerprint density at radius 1 is 1.50 bits per heavy atom. The fourth-order valence-corrected chi connectivity index (χ4v) is 2.68. The van der Waals surface area contributed by atoms with E-state index in [1.807, 2.05) is 13.8 Å². The maximum atomic E-state index is 11.9. The van der Waals surface area contributed by atoms with E-state index in [2.05, 4.69) is 5.32 Å². The lowest BCUT2D eigenvalue weighted by molar-refractivity contribution is -0.139. The van der Waals surface area contributed by atoms with E-state index in [-0.39, 0.29) is 5.92 Å². The van der Waals surface area contributed by atoms with Gasteiger partial charge in [-0.3, -0.25) is 4.79 Å². The molecule has 18 heavy (non-hydrogen) atoms. The van der Waals surface area contributed by atoms with Crippen LogP contribution in [0, 0.1) is 12.8 Å². The van der Waals surface area contributed by atoms with Crippen LogP contribution in [0.25, 0.3) is 0 Å². The van der Waals surface area contributed by atoms with E-state index in [0.29, 0.717) is 16.3 Å². The van der Waals surface area contributed by atoms with Crippen LogP contribution in [0.2, 0.25) is 5.02 Å². The van der Waals surface area contributed by atoms with Gasteiger partial charge in [0.2, 0.25) is 0 Å². The summed E-state index contributed by atoms with van der Waals surface area (Å²) < 4.78 is 0. The van der Waals surface area contributed by atoms with Crippen molar-refractivity contribution in [2.45, 2.75) is 33.2 Å². The first-order valence-corrected chi connectivity index (χ1v) is 6.86. The summed E-state index contributed by atoms with van der Waals surface area (Å²) in [6, 6.07) is -0.879. The van der Waals surface area contributed by atoms with Crippen LogP contribution in [-0.2, 0) is 4.79 Å². The van der Waals surface area contributed by atoms with Crippen molar-refractivity contribution in [3.05, 3.63) is 20.8 Å². The number of aryl methyl sites for hydroxylation is 1. The van der Waals surface area contributed by atoms with Gasteiger partial charge < -0.3 is 10.4 Å². The van der Waals surface area contributed by atoms with Crippen LogP contribution in [0.15, 0.2) is 5.38 Å². The van der Waals surface area contributed by atoms with Crippen molar-refractivity contribution in [1.82, 2.24) is 5.32 Å². The Labute approximate surface area is 115 Å². The van der Waals surface area contributed by atoms with E-state index in [1.165, 1.54) is 11.3 Å². The summed E-state index contributed by atoms with van der Waals surface area (Å²) in [6.45, 7) is 5.62. The molecule has 0 bridgehead atoms. The van der Waals surface area contributed by atoms with Crippen LogP contribution in [0.3, 0.4) is 0 Å². The number of nitrogens with one attached hydrogen (secondary N) is 1. The Morgan fingerprint density at radius 2 is 2.11 bits per heavy atom. The van der Waals surface area contributed by atoms with Crippen molar-refractivity contribution in [3.63, 3.8) is 0 Å². The molecule has 0 saturated heterocycles. The lowest BCUT2D eigenvalue weighted by atomic mass is 10.0. The molecule has 1 aromatic rings. The maximum absolute atomic E-state index is 11.9. The average Bonchev–Trinajstić information content (AvgIpc) is 2.58. The number of amides is 1. The molecule has 1 aromatic heterocycles. The van der Waals surface area contributed by atoms with E-state index in [0.717, 1.165) is 5.56 Å². The number of carbonyl (C=O) groups excluding carboxylic acids is 1. The first-order chi connectivity index (χ1) is 8.32. The molecule has 1 atom stereocenters. The summed E-state index contributed by atoms with van der Waals surface area (Å²) in [5, 5.41) is 13.7. The highest BCUT2D eigenvalue weighted by molar-refractivity contribution is 7.13. The highest BCUT2D eigenvalue weighted by Crippen LogP contribution is 2.27. The first kappa shape index (κ1) is 15.0. The van der Waals surface area contributed by atoms with Crippen LogP contribution >= 0.6 is 22.9 Å². The number of carbonyl (C=O) groups is 2. The molecular weight excluding hydrogens is 274 g/mol. The Hall–Kier alpha value is -1.07. The minimum Gasteiger partial charge on any atom is -0.480 e. The summed E-state index contributed by atoms with van der Waals surface area (Å²) in [6.07, 6.45) is 0.392. The van der Waals surface area contributed by atoms with E-state index in [1.54, 1.807) is 12.3 Å². The zero-order valence-electron chi connectivity index (χ0n) is 10.5. The van der Waals surface area contributed by atoms with Gasteiger partial charge in [0.05, 0.1) is 5.02 Å². The van der Waals surface area contributed by atoms with Crippen LogP contribution in [0.1, 0.15) is 35.5 Å². The number of hydrogen-bond donors (Lipinski definition) is 2. The Morgan fingerprint density at radius 3 is 2.50 bits per heavy atom. The lowest BCUT2D eigenvalue weighted by Crippen LogP contribution is -2.41. The Balaban J connectivity index is 2.79. The monoisotopic (exact) mass is 289 g/mol. The summed E-state index contributed by atoms with van der Waals surface area (Å²) in [7, 11) is 0. The Bertz CT molecular complexity index is 456. The molecule has 1 rings (SSSR count). The predicted octanol–water partition coefficient (Wildman–Crippen LogP) is 2.94. The maximum Gasteiger partial charge on any atom is 0.326 e. The van der Waals surface area contributed by atoms with Crippen molar-refractivity contribution in [3.8, 4) is 0 Å². The van der Waals surface area contributed by atoms with Gasteiger partial charge in [-0.05, 0) is 30.2 Å². The van der Waals surface area contributed by atoms with Crippen molar-refractivity contribution >= 4 is 34.8 Å². The zero-order valence-corrected chi connectivity index (χ0v) is 12.1. The number of halogens is 1. The smallest absolute Gasteiger partial charge is 0.326 e. The molecular formula is C12H16ClNO3S. The molecule has 100 valence electrons. The van der Waals surface area contributed by atoms with Gasteiger partial charge in [0, 0.05) is 0 Å². The molecule has 6 heteroatoms. The standard InChI is InChI=1S/C12H16ClNO3S/c1-6(2)4-8(12(16)17)14-11(15)10-9(13)7(3)5-18-10/h5-6,8H,4H2,1-3H3,(H,14,15)(H,16,17). The molecule has 2 N–H and O–H groups in total. The SMILES string of the molecule is Cc1csc(C(=O)NC(CC(C)C)C(=O)O)c1Cl. The highest BCUT2D eigenvalue weighted by Gasteiger charge is 2.23. The van der Waals surface area contributed by atoms with Crippen LogP contribution in [0.4, 0.5) is 0 Å². The van der Waals surface area contributed by atoms with E-state index in [9.17, 15) is 9.59 Å². The largest absolute Gasteiger partial charge is 0.480 e. The van der Waals surface area contributed by atoms with Gasteiger partial charge in [-0.2, -0.15) is 0 Å². The fourth-order valence-electron chi connectivity index (χ4n) is 1.50. The van der Waals surface area contributed by atoms with Gasteiger partial charge in [0.1, 0.15) is 10.9 Å². The van der Waals surface area contributed by atoms with Crippen molar-refractivity contribution in [2.75, 3.05) is 0 Å². The minimum atomic E-state index is -1.03.